The van der Waals surface area contributed by atoms with Crippen molar-refractivity contribution in [1.82, 2.24) is 15.5 Å². The van der Waals surface area contributed by atoms with Gasteiger partial charge in [-0.1, -0.05) is 0 Å². The second-order valence-corrected chi connectivity index (χ2v) is 8.30. The van der Waals surface area contributed by atoms with E-state index in [0.29, 0.717) is 31.6 Å². The van der Waals surface area contributed by atoms with Crippen molar-refractivity contribution in [3.63, 3.8) is 0 Å². The van der Waals surface area contributed by atoms with Crippen molar-refractivity contribution < 1.29 is 18.4 Å². The fraction of sp³-hybridized carbons (Fsp3) is 0.619. The molecule has 3 aliphatic rings. The summed E-state index contributed by atoms with van der Waals surface area (Å²) in [6, 6.07) is 3.35. The molecule has 0 aromatic heterocycles. The van der Waals surface area contributed by atoms with Crippen LogP contribution in [0.2, 0.25) is 0 Å². The second kappa shape index (κ2) is 8.15. The van der Waals surface area contributed by atoms with Gasteiger partial charge in [-0.15, -0.1) is 0 Å². The zero-order chi connectivity index (χ0) is 19.7. The molecule has 0 bridgehead atoms. The molecule has 1 aliphatic carbocycles. The fourth-order valence-electron chi connectivity index (χ4n) is 4.55. The third kappa shape index (κ3) is 4.19. The van der Waals surface area contributed by atoms with Gasteiger partial charge in [-0.2, -0.15) is 0 Å². The van der Waals surface area contributed by atoms with Gasteiger partial charge in [0.15, 0.2) is 0 Å². The quantitative estimate of drug-likeness (QED) is 0.809. The molecule has 152 valence electrons. The van der Waals surface area contributed by atoms with Gasteiger partial charge in [0.25, 0.3) is 0 Å². The second-order valence-electron chi connectivity index (χ2n) is 8.30. The fourth-order valence-corrected chi connectivity index (χ4v) is 4.55. The van der Waals surface area contributed by atoms with Crippen molar-refractivity contribution in [2.24, 2.45) is 11.8 Å². The number of nitrogens with one attached hydrogen (secondary N) is 2. The maximum Gasteiger partial charge on any atom is 0.237 e. The normalized spacial score (nSPS) is 29.6. The maximum atomic E-state index is 14.0. The largest absolute Gasteiger partial charge is 0.354 e. The van der Waals surface area contributed by atoms with Crippen molar-refractivity contribution >= 4 is 11.8 Å². The van der Waals surface area contributed by atoms with Crippen LogP contribution in [0.4, 0.5) is 8.78 Å². The van der Waals surface area contributed by atoms with E-state index in [9.17, 15) is 18.4 Å². The maximum absolute atomic E-state index is 14.0. The number of likely N-dealkylation sites (tertiary alicyclic amines) is 1. The third-order valence-electron chi connectivity index (χ3n) is 6.24. The molecule has 28 heavy (non-hydrogen) atoms. The summed E-state index contributed by atoms with van der Waals surface area (Å²) >= 11 is 0. The molecule has 1 aromatic rings. The molecule has 5 nitrogen and oxygen atoms in total. The van der Waals surface area contributed by atoms with Crippen molar-refractivity contribution in [3.8, 4) is 0 Å². The molecule has 1 aromatic carbocycles. The highest BCUT2D eigenvalue weighted by molar-refractivity contribution is 5.83. The zero-order valence-electron chi connectivity index (χ0n) is 15.9. The minimum Gasteiger partial charge on any atom is -0.354 e. The minimum absolute atomic E-state index is 0.0298. The highest BCUT2D eigenvalue weighted by atomic mass is 19.1. The van der Waals surface area contributed by atoms with Crippen LogP contribution in [0.1, 0.15) is 43.6 Å². The molecule has 1 saturated carbocycles. The van der Waals surface area contributed by atoms with E-state index in [1.165, 1.54) is 6.07 Å². The minimum atomic E-state index is -0.472. The molecule has 7 heteroatoms. The highest BCUT2D eigenvalue weighted by Crippen LogP contribution is 2.49. The van der Waals surface area contributed by atoms with Gasteiger partial charge in [-0.3, -0.25) is 9.59 Å². The molecule has 4 rings (SSSR count). The molecule has 4 atom stereocenters. The van der Waals surface area contributed by atoms with E-state index >= 15 is 0 Å². The molecule has 2 saturated heterocycles. The average Bonchev–Trinajstić information content (AvgIpc) is 3.30. The first-order chi connectivity index (χ1) is 13.5. The summed E-state index contributed by atoms with van der Waals surface area (Å²) in [4.78, 5) is 26.8. The number of hydrogen-bond donors (Lipinski definition) is 2. The summed E-state index contributed by atoms with van der Waals surface area (Å²) in [5, 5.41) is 6.21. The van der Waals surface area contributed by atoms with Gasteiger partial charge in [0.1, 0.15) is 11.6 Å². The Labute approximate surface area is 163 Å². The molecular weight excluding hydrogens is 364 g/mol. The first kappa shape index (κ1) is 19.3. The monoisotopic (exact) mass is 391 g/mol. The van der Waals surface area contributed by atoms with Gasteiger partial charge >= 0.3 is 0 Å². The lowest BCUT2D eigenvalue weighted by Gasteiger charge is -2.33. The van der Waals surface area contributed by atoms with Crippen LogP contribution in [0.5, 0.6) is 0 Å². The van der Waals surface area contributed by atoms with E-state index in [4.69, 9.17) is 0 Å². The number of hydrogen-bond acceptors (Lipinski definition) is 3. The summed E-state index contributed by atoms with van der Waals surface area (Å²) in [6.45, 7) is 2.78. The van der Waals surface area contributed by atoms with Crippen LogP contribution in [0, 0.1) is 23.5 Å². The smallest absolute Gasteiger partial charge is 0.237 e. The Morgan fingerprint density at radius 2 is 2.07 bits per heavy atom. The van der Waals surface area contributed by atoms with E-state index < -0.39 is 11.6 Å². The summed E-state index contributed by atoms with van der Waals surface area (Å²) in [7, 11) is 0. The number of halogens is 2. The zero-order valence-corrected chi connectivity index (χ0v) is 15.9. The summed E-state index contributed by atoms with van der Waals surface area (Å²) in [5.41, 5.74) is 0.309. The van der Waals surface area contributed by atoms with Gasteiger partial charge in [-0.05, 0) is 74.2 Å². The van der Waals surface area contributed by atoms with Crippen LogP contribution in [-0.4, -0.2) is 48.9 Å². The lowest BCUT2D eigenvalue weighted by Crippen LogP contribution is -2.47. The number of piperidine rings is 1. The van der Waals surface area contributed by atoms with E-state index in [1.807, 2.05) is 4.90 Å². The standard InChI is InChI=1S/C21H27F2N3O2/c22-14-5-6-18(23)16(9-14)15-10-17(15)21(28)26-8-2-3-13(12-26)11-25-20(27)19-4-1-7-24-19/h5-6,9,13,15,17,19,24H,1-4,7-8,10-12H2,(H,25,27). The number of amides is 2. The Bertz CT molecular complexity index is 751. The SMILES string of the molecule is O=C(NCC1CCCN(C(=O)C2CC2c2cc(F)ccc2F)C1)C1CCCN1. The topological polar surface area (TPSA) is 61.4 Å². The Balaban J connectivity index is 1.29. The lowest BCUT2D eigenvalue weighted by molar-refractivity contribution is -0.134. The lowest BCUT2D eigenvalue weighted by atomic mass is 9.97. The number of carbonyl (C=O) groups excluding carboxylic acids is 2. The van der Waals surface area contributed by atoms with Crippen LogP contribution in [0.25, 0.3) is 0 Å². The molecule has 2 amide bonds. The first-order valence-electron chi connectivity index (χ1n) is 10.3. The first-order valence-corrected chi connectivity index (χ1v) is 10.3. The predicted octanol–water partition coefficient (Wildman–Crippen LogP) is 2.18. The molecule has 2 aliphatic heterocycles. The number of rotatable bonds is 5. The summed E-state index contributed by atoms with van der Waals surface area (Å²) in [6.07, 6.45) is 4.36. The molecule has 2 heterocycles. The van der Waals surface area contributed by atoms with Gasteiger partial charge in [0.05, 0.1) is 6.04 Å². The Kier molecular flexibility index (Phi) is 5.62. The molecule has 0 spiro atoms. The highest BCUT2D eigenvalue weighted by Gasteiger charge is 2.47. The van der Waals surface area contributed by atoms with Crippen LogP contribution in [-0.2, 0) is 9.59 Å². The van der Waals surface area contributed by atoms with Crippen LogP contribution < -0.4 is 10.6 Å². The Hall–Kier alpha value is -2.02. The van der Waals surface area contributed by atoms with Crippen molar-refractivity contribution in [2.45, 2.75) is 44.1 Å². The van der Waals surface area contributed by atoms with Crippen molar-refractivity contribution in [3.05, 3.63) is 35.4 Å². The molecule has 0 radical (unpaired) electrons. The van der Waals surface area contributed by atoms with E-state index in [0.717, 1.165) is 44.4 Å². The van der Waals surface area contributed by atoms with Crippen LogP contribution >= 0.6 is 0 Å². The third-order valence-corrected chi connectivity index (χ3v) is 6.24. The van der Waals surface area contributed by atoms with E-state index in [-0.39, 0.29) is 35.6 Å². The van der Waals surface area contributed by atoms with Crippen molar-refractivity contribution in [1.29, 1.82) is 0 Å². The molecule has 2 N–H and O–H groups in total. The Morgan fingerprint density at radius 3 is 2.86 bits per heavy atom. The van der Waals surface area contributed by atoms with E-state index in [1.54, 1.807) is 0 Å². The van der Waals surface area contributed by atoms with Crippen LogP contribution in [0.3, 0.4) is 0 Å². The van der Waals surface area contributed by atoms with Gasteiger partial charge in [0, 0.05) is 25.6 Å². The number of nitrogens with zero attached hydrogens (tertiary/aromatic N) is 1. The number of benzene rings is 1. The van der Waals surface area contributed by atoms with Crippen molar-refractivity contribution in [2.75, 3.05) is 26.2 Å². The van der Waals surface area contributed by atoms with Gasteiger partial charge in [-0.25, -0.2) is 8.78 Å². The summed E-state index contributed by atoms with van der Waals surface area (Å²) < 4.78 is 27.4. The van der Waals surface area contributed by atoms with Gasteiger partial charge < -0.3 is 15.5 Å². The molecule has 3 fully saturated rings. The predicted molar refractivity (Wildman–Crippen MR) is 101 cm³/mol. The Morgan fingerprint density at radius 1 is 1.21 bits per heavy atom. The summed E-state index contributed by atoms with van der Waals surface area (Å²) in [5.74, 6) is -1.08. The number of carbonyl (C=O) groups is 2. The average molecular weight is 391 g/mol. The van der Waals surface area contributed by atoms with Gasteiger partial charge in [0.2, 0.25) is 11.8 Å². The van der Waals surface area contributed by atoms with E-state index in [2.05, 4.69) is 10.6 Å². The molecular formula is C21H27F2N3O2. The molecule has 4 unspecified atom stereocenters. The van der Waals surface area contributed by atoms with Crippen LogP contribution in [0.15, 0.2) is 18.2 Å².